The zero-order valence-corrected chi connectivity index (χ0v) is 13.6. The SMILES string of the molecule is CCNCCCCCCOC1CC(C)CC(C)(C)C1. The van der Waals surface area contributed by atoms with Crippen LogP contribution in [-0.4, -0.2) is 25.8 Å². The Bertz CT molecular complexity index is 227. The molecule has 2 heteroatoms. The Labute approximate surface area is 120 Å². The van der Waals surface area contributed by atoms with Gasteiger partial charge < -0.3 is 10.1 Å². The Kier molecular flexibility index (Phi) is 8.01. The largest absolute Gasteiger partial charge is 0.378 e. The summed E-state index contributed by atoms with van der Waals surface area (Å²) in [6.07, 6.45) is 9.58. The Balaban J connectivity index is 2.00. The number of hydrogen-bond acceptors (Lipinski definition) is 2. The second kappa shape index (κ2) is 8.97. The Hall–Kier alpha value is -0.0800. The fourth-order valence-corrected chi connectivity index (χ4v) is 3.52. The van der Waals surface area contributed by atoms with Crippen molar-refractivity contribution in [2.24, 2.45) is 11.3 Å². The van der Waals surface area contributed by atoms with Gasteiger partial charge in [0.25, 0.3) is 0 Å². The highest BCUT2D eigenvalue weighted by molar-refractivity contribution is 4.83. The lowest BCUT2D eigenvalue weighted by Crippen LogP contribution is -2.32. The van der Waals surface area contributed by atoms with E-state index in [1.165, 1.54) is 51.5 Å². The van der Waals surface area contributed by atoms with E-state index in [-0.39, 0.29) is 0 Å². The molecule has 0 aromatic carbocycles. The molecule has 1 rings (SSSR count). The maximum absolute atomic E-state index is 6.10. The van der Waals surface area contributed by atoms with Gasteiger partial charge in [-0.3, -0.25) is 0 Å². The van der Waals surface area contributed by atoms with Gasteiger partial charge in [0.15, 0.2) is 0 Å². The summed E-state index contributed by atoms with van der Waals surface area (Å²) in [6, 6.07) is 0. The molecule has 1 fully saturated rings. The maximum atomic E-state index is 6.10. The van der Waals surface area contributed by atoms with Gasteiger partial charge in [-0.1, -0.05) is 40.5 Å². The summed E-state index contributed by atoms with van der Waals surface area (Å²) < 4.78 is 6.10. The molecule has 1 aliphatic rings. The zero-order valence-electron chi connectivity index (χ0n) is 13.6. The third kappa shape index (κ3) is 7.94. The molecule has 1 aliphatic carbocycles. The molecular formula is C17H35NO. The first kappa shape index (κ1) is 17.0. The summed E-state index contributed by atoms with van der Waals surface area (Å²) in [7, 11) is 0. The quantitative estimate of drug-likeness (QED) is 0.627. The van der Waals surface area contributed by atoms with Crippen molar-refractivity contribution in [1.82, 2.24) is 5.32 Å². The molecule has 2 unspecified atom stereocenters. The Morgan fingerprint density at radius 3 is 2.53 bits per heavy atom. The normalized spacial score (nSPS) is 26.5. The van der Waals surface area contributed by atoms with Gasteiger partial charge in [-0.15, -0.1) is 0 Å². The lowest BCUT2D eigenvalue weighted by atomic mass is 9.71. The minimum atomic E-state index is 0.480. The maximum Gasteiger partial charge on any atom is 0.0582 e. The molecule has 2 nitrogen and oxygen atoms in total. The first-order chi connectivity index (χ1) is 9.03. The average molecular weight is 269 g/mol. The minimum absolute atomic E-state index is 0.480. The molecule has 0 spiro atoms. The molecule has 2 atom stereocenters. The third-order valence-corrected chi connectivity index (χ3v) is 4.20. The highest BCUT2D eigenvalue weighted by atomic mass is 16.5. The van der Waals surface area contributed by atoms with Gasteiger partial charge in [0.2, 0.25) is 0 Å². The van der Waals surface area contributed by atoms with Crippen LogP contribution in [0.1, 0.15) is 72.6 Å². The van der Waals surface area contributed by atoms with Crippen LogP contribution in [-0.2, 0) is 4.74 Å². The van der Waals surface area contributed by atoms with Crippen molar-refractivity contribution >= 4 is 0 Å². The molecule has 0 aromatic rings. The molecule has 19 heavy (non-hydrogen) atoms. The fourth-order valence-electron chi connectivity index (χ4n) is 3.52. The van der Waals surface area contributed by atoms with E-state index in [9.17, 15) is 0 Å². The Morgan fingerprint density at radius 1 is 1.11 bits per heavy atom. The Morgan fingerprint density at radius 2 is 1.84 bits per heavy atom. The molecule has 0 saturated heterocycles. The predicted octanol–water partition coefficient (Wildman–Crippen LogP) is 4.39. The number of hydrogen-bond donors (Lipinski definition) is 1. The standard InChI is InChI=1S/C17H35NO/c1-5-18-10-8-6-7-9-11-19-16-12-15(2)13-17(3,4)14-16/h15-16,18H,5-14H2,1-4H3. The van der Waals surface area contributed by atoms with Gasteiger partial charge in [0, 0.05) is 6.61 Å². The van der Waals surface area contributed by atoms with E-state index in [0.717, 1.165) is 19.1 Å². The van der Waals surface area contributed by atoms with E-state index in [2.05, 4.69) is 33.0 Å². The van der Waals surface area contributed by atoms with Crippen LogP contribution in [0.15, 0.2) is 0 Å². The molecule has 0 radical (unpaired) electrons. The van der Waals surface area contributed by atoms with Crippen LogP contribution in [0.25, 0.3) is 0 Å². The van der Waals surface area contributed by atoms with Crippen LogP contribution in [0.2, 0.25) is 0 Å². The van der Waals surface area contributed by atoms with Crippen molar-refractivity contribution in [3.63, 3.8) is 0 Å². The number of ether oxygens (including phenoxy) is 1. The summed E-state index contributed by atoms with van der Waals surface area (Å²) in [4.78, 5) is 0. The van der Waals surface area contributed by atoms with E-state index in [4.69, 9.17) is 4.74 Å². The van der Waals surface area contributed by atoms with E-state index in [0.29, 0.717) is 11.5 Å². The summed E-state index contributed by atoms with van der Waals surface area (Å²) in [5.41, 5.74) is 0.480. The van der Waals surface area contributed by atoms with Gasteiger partial charge in [-0.25, -0.2) is 0 Å². The van der Waals surface area contributed by atoms with Crippen LogP contribution >= 0.6 is 0 Å². The van der Waals surface area contributed by atoms with Gasteiger partial charge in [0.1, 0.15) is 0 Å². The van der Waals surface area contributed by atoms with E-state index < -0.39 is 0 Å². The topological polar surface area (TPSA) is 21.3 Å². The van der Waals surface area contributed by atoms with Crippen molar-refractivity contribution < 1.29 is 4.74 Å². The van der Waals surface area contributed by atoms with Gasteiger partial charge >= 0.3 is 0 Å². The van der Waals surface area contributed by atoms with Gasteiger partial charge in [-0.2, -0.15) is 0 Å². The second-order valence-corrected chi connectivity index (χ2v) is 7.17. The van der Waals surface area contributed by atoms with Gasteiger partial charge in [0.05, 0.1) is 6.10 Å². The summed E-state index contributed by atoms with van der Waals surface area (Å²) in [5.74, 6) is 0.828. The monoisotopic (exact) mass is 269 g/mol. The second-order valence-electron chi connectivity index (χ2n) is 7.17. The van der Waals surface area contributed by atoms with Crippen LogP contribution in [0.3, 0.4) is 0 Å². The van der Waals surface area contributed by atoms with E-state index in [1.54, 1.807) is 0 Å². The van der Waals surface area contributed by atoms with Crippen molar-refractivity contribution in [2.75, 3.05) is 19.7 Å². The zero-order chi connectivity index (χ0) is 14.1. The molecule has 1 N–H and O–H groups in total. The first-order valence-corrected chi connectivity index (χ1v) is 8.36. The van der Waals surface area contributed by atoms with Crippen molar-refractivity contribution in [3.05, 3.63) is 0 Å². The van der Waals surface area contributed by atoms with Crippen molar-refractivity contribution in [1.29, 1.82) is 0 Å². The van der Waals surface area contributed by atoms with Crippen LogP contribution in [0, 0.1) is 11.3 Å². The van der Waals surface area contributed by atoms with Gasteiger partial charge in [-0.05, 0) is 56.5 Å². The number of unbranched alkanes of at least 4 members (excludes halogenated alkanes) is 3. The van der Waals surface area contributed by atoms with Crippen LogP contribution < -0.4 is 5.32 Å². The predicted molar refractivity (Wildman–Crippen MR) is 83.5 cm³/mol. The summed E-state index contributed by atoms with van der Waals surface area (Å²) >= 11 is 0. The molecule has 0 heterocycles. The fraction of sp³-hybridized carbons (Fsp3) is 1.00. The average Bonchev–Trinajstić information content (AvgIpc) is 2.30. The number of rotatable bonds is 9. The molecule has 1 saturated carbocycles. The molecule has 114 valence electrons. The number of nitrogens with one attached hydrogen (secondary N) is 1. The molecule has 0 aliphatic heterocycles. The van der Waals surface area contributed by atoms with Crippen molar-refractivity contribution in [2.45, 2.75) is 78.7 Å². The molecule has 0 bridgehead atoms. The van der Waals surface area contributed by atoms with E-state index >= 15 is 0 Å². The summed E-state index contributed by atoms with van der Waals surface area (Å²) in [5, 5.41) is 3.37. The lowest BCUT2D eigenvalue weighted by molar-refractivity contribution is -0.0240. The first-order valence-electron chi connectivity index (χ1n) is 8.36. The highest BCUT2D eigenvalue weighted by Gasteiger charge is 2.32. The third-order valence-electron chi connectivity index (χ3n) is 4.20. The molecular weight excluding hydrogens is 234 g/mol. The lowest BCUT2D eigenvalue weighted by Gasteiger charge is -2.38. The highest BCUT2D eigenvalue weighted by Crippen LogP contribution is 2.39. The smallest absolute Gasteiger partial charge is 0.0582 e. The van der Waals surface area contributed by atoms with E-state index in [1.807, 2.05) is 0 Å². The molecule has 0 amide bonds. The minimum Gasteiger partial charge on any atom is -0.378 e. The van der Waals surface area contributed by atoms with Crippen molar-refractivity contribution in [3.8, 4) is 0 Å². The van der Waals surface area contributed by atoms with Crippen LogP contribution in [0.5, 0.6) is 0 Å². The van der Waals surface area contributed by atoms with Crippen LogP contribution in [0.4, 0.5) is 0 Å². The summed E-state index contributed by atoms with van der Waals surface area (Å²) in [6.45, 7) is 12.6. The molecule has 0 aromatic heterocycles.